The van der Waals surface area contributed by atoms with Crippen molar-refractivity contribution >= 4 is 29.7 Å². The molecule has 228 valence electrons. The van der Waals surface area contributed by atoms with Crippen LogP contribution in [0.5, 0.6) is 0 Å². The van der Waals surface area contributed by atoms with Gasteiger partial charge < -0.3 is 35.6 Å². The smallest absolute Gasteiger partial charge is 0.315 e. The number of carbonyl (C=O) groups excluding carboxylic acids is 1. The Morgan fingerprint density at radius 1 is 1.00 bits per heavy atom. The Morgan fingerprint density at radius 2 is 1.74 bits per heavy atom. The van der Waals surface area contributed by atoms with E-state index >= 15 is 0 Å². The van der Waals surface area contributed by atoms with Gasteiger partial charge in [-0.3, -0.25) is 9.59 Å². The number of methoxy groups -OCH3 is 1. The first-order valence-corrected chi connectivity index (χ1v) is 15.3. The SMILES string of the molecule is CCc1c2[nH]c(c1C)/C=C1\NC(=C(C)[C@H]1C)/C=C1\NC(C3=c4[nH]/c(c(C)c4[C@@H](O)[C@@H]3C(=O)OC)=C\2)[C@@H](CCC(=O)O)[C@@H]1C. The third-order valence-corrected chi connectivity index (χ3v) is 10.4. The zero-order valence-corrected chi connectivity index (χ0v) is 25.9. The maximum atomic E-state index is 13.3. The lowest BCUT2D eigenvalue weighted by Crippen LogP contribution is -2.37. The van der Waals surface area contributed by atoms with Crippen LogP contribution in [0.25, 0.3) is 17.7 Å². The van der Waals surface area contributed by atoms with Crippen LogP contribution in [0.3, 0.4) is 0 Å². The van der Waals surface area contributed by atoms with Crippen molar-refractivity contribution in [2.24, 2.45) is 23.7 Å². The molecule has 0 spiro atoms. The van der Waals surface area contributed by atoms with Crippen molar-refractivity contribution in [2.45, 2.75) is 73.0 Å². The summed E-state index contributed by atoms with van der Waals surface area (Å²) < 4.78 is 5.23. The van der Waals surface area contributed by atoms with Gasteiger partial charge in [-0.25, -0.2) is 0 Å². The Hall–Kier alpha value is -3.98. The van der Waals surface area contributed by atoms with E-state index in [4.69, 9.17) is 4.74 Å². The summed E-state index contributed by atoms with van der Waals surface area (Å²) in [6, 6.07) is -0.375. The normalized spacial score (nSPS) is 30.6. The van der Waals surface area contributed by atoms with Crippen LogP contribution in [0.1, 0.15) is 80.3 Å². The Labute approximate surface area is 251 Å². The van der Waals surface area contributed by atoms with Crippen molar-refractivity contribution in [3.05, 3.63) is 73.1 Å². The van der Waals surface area contributed by atoms with Gasteiger partial charge in [0.15, 0.2) is 0 Å². The molecule has 6 N–H and O–H groups in total. The third-order valence-electron chi connectivity index (χ3n) is 10.4. The van der Waals surface area contributed by atoms with Gasteiger partial charge in [0.05, 0.1) is 19.3 Å². The molecule has 2 aromatic rings. The molecule has 6 rings (SSSR count). The number of H-pyrrole nitrogens is 2. The van der Waals surface area contributed by atoms with Crippen LogP contribution < -0.4 is 21.3 Å². The average Bonchev–Trinajstić information content (AvgIpc) is 3.70. The molecule has 9 heteroatoms. The molecular weight excluding hydrogens is 544 g/mol. The summed E-state index contributed by atoms with van der Waals surface area (Å²) in [6.45, 7) is 12.7. The maximum Gasteiger partial charge on any atom is 0.315 e. The molecule has 3 aliphatic heterocycles. The molecule has 0 amide bonds. The van der Waals surface area contributed by atoms with E-state index in [0.29, 0.717) is 12.0 Å². The number of aromatic amines is 2. The first kappa shape index (κ1) is 29.1. The Kier molecular flexibility index (Phi) is 7.19. The Bertz CT molecular complexity index is 1750. The lowest BCUT2D eigenvalue weighted by atomic mass is 9.80. The fourth-order valence-corrected chi connectivity index (χ4v) is 7.72. The van der Waals surface area contributed by atoms with Crippen LogP contribution in [0.4, 0.5) is 0 Å². The zero-order chi connectivity index (χ0) is 30.9. The number of carboxylic acids is 1. The summed E-state index contributed by atoms with van der Waals surface area (Å²) in [5, 5.41) is 30.3. The summed E-state index contributed by atoms with van der Waals surface area (Å²) in [4.78, 5) is 32.2. The molecule has 4 aliphatic rings. The van der Waals surface area contributed by atoms with E-state index in [9.17, 15) is 19.8 Å². The number of hydrogen-bond donors (Lipinski definition) is 6. The van der Waals surface area contributed by atoms with E-state index in [1.165, 1.54) is 23.8 Å². The second-order valence-corrected chi connectivity index (χ2v) is 12.6. The number of aliphatic hydroxyl groups is 1. The second kappa shape index (κ2) is 10.6. The monoisotopic (exact) mass is 586 g/mol. The predicted molar refractivity (Wildman–Crippen MR) is 165 cm³/mol. The summed E-state index contributed by atoms with van der Waals surface area (Å²) >= 11 is 0. The molecule has 5 heterocycles. The molecule has 0 saturated carbocycles. The van der Waals surface area contributed by atoms with Gasteiger partial charge in [0.1, 0.15) is 5.92 Å². The lowest BCUT2D eigenvalue weighted by molar-refractivity contribution is -0.146. The summed E-state index contributed by atoms with van der Waals surface area (Å²) in [7, 11) is 1.34. The van der Waals surface area contributed by atoms with Crippen LogP contribution in [0.2, 0.25) is 0 Å². The van der Waals surface area contributed by atoms with Gasteiger partial charge in [-0.2, -0.15) is 0 Å². The van der Waals surface area contributed by atoms with Gasteiger partial charge in [-0.05, 0) is 85.6 Å². The number of carbonyl (C=O) groups is 2. The Balaban J connectivity index is 1.67. The number of fused-ring (bicyclic) bond motifs is 8. The summed E-state index contributed by atoms with van der Waals surface area (Å²) in [5.41, 5.74) is 11.1. The molecule has 1 aliphatic carbocycles. The Morgan fingerprint density at radius 3 is 2.42 bits per heavy atom. The van der Waals surface area contributed by atoms with Gasteiger partial charge in [0.25, 0.3) is 0 Å². The molecule has 6 atom stereocenters. The highest BCUT2D eigenvalue weighted by Gasteiger charge is 2.49. The highest BCUT2D eigenvalue weighted by molar-refractivity contribution is 5.88. The first-order chi connectivity index (χ1) is 20.5. The van der Waals surface area contributed by atoms with Crippen LogP contribution in [0, 0.1) is 37.5 Å². The predicted octanol–water partition coefficient (Wildman–Crippen LogP) is 3.18. The molecule has 1 unspecified atom stereocenters. The average molecular weight is 587 g/mol. The van der Waals surface area contributed by atoms with Crippen molar-refractivity contribution < 1.29 is 24.5 Å². The fourth-order valence-electron chi connectivity index (χ4n) is 7.72. The topological polar surface area (TPSA) is 139 Å². The van der Waals surface area contributed by atoms with Gasteiger partial charge in [0, 0.05) is 63.0 Å². The number of rotatable bonds is 5. The standard InChI is InChI=1S/C34H42N4O5/c1-8-19-16(4)23-11-21-14(2)15(3)22(35-21)12-24-17(5)20(9-10-27(39)40)31(37-24)29-30(34(42)43-7)33(41)28-18(6)25(38-32(28)29)13-26(19)36-23/h11-14,17,20,30-31,33,35-38,41H,8-10H2,1-7H3,(H,39,40)/b21-11-,24-12-,25-13-/t14-,17+,20+,30-,31?,33-/m1/s1. The van der Waals surface area contributed by atoms with E-state index in [-0.39, 0.29) is 30.2 Å². The largest absolute Gasteiger partial charge is 0.481 e. The molecule has 1 fully saturated rings. The zero-order valence-electron chi connectivity index (χ0n) is 25.9. The van der Waals surface area contributed by atoms with E-state index < -0.39 is 24.0 Å². The van der Waals surface area contributed by atoms with Crippen LogP contribution >= 0.6 is 0 Å². The van der Waals surface area contributed by atoms with Crippen molar-refractivity contribution in [3.63, 3.8) is 0 Å². The molecule has 0 aromatic carbocycles. The van der Waals surface area contributed by atoms with Gasteiger partial charge in [-0.1, -0.05) is 20.8 Å². The number of aliphatic carboxylic acids is 1. The number of ether oxygens (including phenoxy) is 1. The van der Waals surface area contributed by atoms with Gasteiger partial charge in [0.2, 0.25) is 0 Å². The van der Waals surface area contributed by atoms with Crippen molar-refractivity contribution in [2.75, 3.05) is 7.11 Å². The van der Waals surface area contributed by atoms with Crippen molar-refractivity contribution in [1.29, 1.82) is 0 Å². The number of allylic oxidation sites excluding steroid dienone is 3. The second-order valence-electron chi connectivity index (χ2n) is 12.6. The number of aliphatic hydroxyl groups excluding tert-OH is 1. The third kappa shape index (κ3) is 4.47. The quantitative estimate of drug-likeness (QED) is 0.296. The van der Waals surface area contributed by atoms with E-state index in [1.807, 2.05) is 6.92 Å². The van der Waals surface area contributed by atoms with E-state index in [1.54, 1.807) is 0 Å². The number of aromatic nitrogens is 2. The number of esters is 1. The molecule has 0 radical (unpaired) electrons. The number of hydrogen-bond acceptors (Lipinski definition) is 6. The highest BCUT2D eigenvalue weighted by Crippen LogP contribution is 2.45. The van der Waals surface area contributed by atoms with Gasteiger partial charge >= 0.3 is 11.9 Å². The minimum absolute atomic E-state index is 0.00675. The molecule has 1 saturated heterocycles. The van der Waals surface area contributed by atoms with Crippen LogP contribution in [-0.2, 0) is 20.7 Å². The fraction of sp³-hybridized carbons (Fsp3) is 0.471. The minimum atomic E-state index is -1.08. The lowest BCUT2D eigenvalue weighted by Gasteiger charge is -2.27. The van der Waals surface area contributed by atoms with E-state index in [0.717, 1.165) is 56.7 Å². The molecule has 9 nitrogen and oxygen atoms in total. The molecule has 8 bridgehead atoms. The van der Waals surface area contributed by atoms with Gasteiger partial charge in [-0.15, -0.1) is 0 Å². The first-order valence-electron chi connectivity index (χ1n) is 15.3. The van der Waals surface area contributed by atoms with E-state index in [2.05, 4.69) is 73.4 Å². The molecule has 43 heavy (non-hydrogen) atoms. The summed E-state index contributed by atoms with van der Waals surface area (Å²) in [5.74, 6) is -2.21. The molecule has 2 aromatic heterocycles. The maximum absolute atomic E-state index is 13.3. The molecular formula is C34H42N4O5. The van der Waals surface area contributed by atoms with Crippen LogP contribution in [0.15, 0.2) is 28.7 Å². The number of nitrogens with one attached hydrogen (secondary N) is 4. The van der Waals surface area contributed by atoms with Crippen molar-refractivity contribution in [3.8, 4) is 0 Å². The minimum Gasteiger partial charge on any atom is -0.481 e. The highest BCUT2D eigenvalue weighted by atomic mass is 16.5. The van der Waals surface area contributed by atoms with Crippen LogP contribution in [-0.4, -0.2) is 45.3 Å². The van der Waals surface area contributed by atoms with Crippen molar-refractivity contribution in [1.82, 2.24) is 20.6 Å². The summed E-state index contributed by atoms with van der Waals surface area (Å²) in [6.07, 6.45) is 6.65. The number of carboxylic acid groups (broad SMARTS) is 1.